The molecule has 3 rings (SSSR count). The van der Waals surface area contributed by atoms with E-state index in [4.69, 9.17) is 0 Å². The second kappa shape index (κ2) is 7.95. The van der Waals surface area contributed by atoms with Crippen molar-refractivity contribution in [1.29, 1.82) is 0 Å². The molecule has 3 aromatic rings. The molecule has 3 aromatic carbocycles. The van der Waals surface area contributed by atoms with Gasteiger partial charge in [-0.05, 0) is 31.2 Å². The van der Waals surface area contributed by atoms with Gasteiger partial charge >= 0.3 is 0 Å². The molecule has 0 saturated carbocycles. The lowest BCUT2D eigenvalue weighted by molar-refractivity contribution is 0.592. The topological polar surface area (TPSA) is 92.7 Å². The lowest BCUT2D eigenvalue weighted by Crippen LogP contribution is -2.32. The van der Waals surface area contributed by atoms with Crippen molar-refractivity contribution in [2.24, 2.45) is 4.40 Å². The number of aryl methyl sites for hydroxylation is 1. The number of hydrogen-bond acceptors (Lipinski definition) is 4. The van der Waals surface area contributed by atoms with Crippen LogP contribution in [0.4, 0.5) is 0 Å². The summed E-state index contributed by atoms with van der Waals surface area (Å²) in [6, 6.07) is 22.1. The third kappa shape index (κ3) is 4.65. The molecule has 0 unspecified atom stereocenters. The van der Waals surface area contributed by atoms with Gasteiger partial charge in [-0.3, -0.25) is 4.72 Å². The fraction of sp³-hybridized carbons (Fsp3) is 0.0500. The average molecular weight is 415 g/mol. The predicted octanol–water partition coefficient (Wildman–Crippen LogP) is 3.11. The Hall–Kier alpha value is -2.97. The van der Waals surface area contributed by atoms with E-state index < -0.39 is 20.0 Å². The summed E-state index contributed by atoms with van der Waals surface area (Å²) in [6.07, 6.45) is 0. The molecular formula is C20H18N2O4S2. The Bertz CT molecular complexity index is 1190. The van der Waals surface area contributed by atoms with Gasteiger partial charge in [-0.15, -0.1) is 4.40 Å². The quantitative estimate of drug-likeness (QED) is 0.513. The fourth-order valence-corrected chi connectivity index (χ4v) is 4.48. The van der Waals surface area contributed by atoms with Crippen LogP contribution >= 0.6 is 0 Å². The van der Waals surface area contributed by atoms with Crippen molar-refractivity contribution >= 4 is 25.9 Å². The van der Waals surface area contributed by atoms with E-state index in [-0.39, 0.29) is 15.6 Å². The molecule has 28 heavy (non-hydrogen) atoms. The monoisotopic (exact) mass is 414 g/mol. The molecular weight excluding hydrogens is 396 g/mol. The normalized spacial score (nSPS) is 12.5. The molecule has 0 aliphatic heterocycles. The number of hydrogen-bond donors (Lipinski definition) is 1. The molecule has 6 nitrogen and oxygen atoms in total. The van der Waals surface area contributed by atoms with Gasteiger partial charge in [-0.2, -0.15) is 8.42 Å². The summed E-state index contributed by atoms with van der Waals surface area (Å²) >= 11 is 0. The highest BCUT2D eigenvalue weighted by atomic mass is 32.2. The summed E-state index contributed by atoms with van der Waals surface area (Å²) in [6.45, 7) is 1.84. The summed E-state index contributed by atoms with van der Waals surface area (Å²) < 4.78 is 56.9. The molecule has 0 radical (unpaired) electrons. The van der Waals surface area contributed by atoms with Crippen molar-refractivity contribution in [3.63, 3.8) is 0 Å². The Balaban J connectivity index is 2.07. The molecule has 0 aliphatic carbocycles. The SMILES string of the molecule is Cc1ccc(S(=O)(=O)N/C(=N/S(=O)(=O)c2ccccc2)c2ccccc2)cc1. The maximum absolute atomic E-state index is 12.8. The van der Waals surface area contributed by atoms with Crippen LogP contribution < -0.4 is 4.72 Å². The van der Waals surface area contributed by atoms with Gasteiger partial charge in [-0.25, -0.2) is 8.42 Å². The van der Waals surface area contributed by atoms with E-state index in [0.29, 0.717) is 5.56 Å². The van der Waals surface area contributed by atoms with Crippen LogP contribution in [0, 0.1) is 6.92 Å². The van der Waals surface area contributed by atoms with Gasteiger partial charge < -0.3 is 0 Å². The first-order chi connectivity index (χ1) is 13.3. The Morgan fingerprint density at radius 1 is 0.714 bits per heavy atom. The summed E-state index contributed by atoms with van der Waals surface area (Å²) in [7, 11) is -8.13. The van der Waals surface area contributed by atoms with Gasteiger partial charge in [0.15, 0.2) is 5.84 Å². The fourth-order valence-electron chi connectivity index (χ4n) is 2.40. The minimum absolute atomic E-state index is 0.0128. The van der Waals surface area contributed by atoms with Crippen molar-refractivity contribution in [2.75, 3.05) is 0 Å². The largest absolute Gasteiger partial charge is 0.284 e. The maximum atomic E-state index is 12.8. The molecule has 1 N–H and O–H groups in total. The minimum atomic E-state index is -4.11. The molecule has 8 heteroatoms. The number of amidine groups is 1. The highest BCUT2D eigenvalue weighted by Crippen LogP contribution is 2.15. The third-order valence-corrected chi connectivity index (χ3v) is 6.51. The number of rotatable bonds is 5. The number of benzene rings is 3. The van der Waals surface area contributed by atoms with E-state index in [1.165, 1.54) is 24.3 Å². The summed E-state index contributed by atoms with van der Waals surface area (Å²) in [4.78, 5) is -0.0168. The Labute approximate surface area is 164 Å². The first-order valence-corrected chi connectivity index (χ1v) is 11.3. The van der Waals surface area contributed by atoms with Gasteiger partial charge in [-0.1, -0.05) is 66.2 Å². The van der Waals surface area contributed by atoms with E-state index in [2.05, 4.69) is 9.12 Å². The average Bonchev–Trinajstić information content (AvgIpc) is 2.69. The van der Waals surface area contributed by atoms with Crippen molar-refractivity contribution in [2.45, 2.75) is 16.7 Å². The predicted molar refractivity (Wildman–Crippen MR) is 108 cm³/mol. The Morgan fingerprint density at radius 2 is 1.25 bits per heavy atom. The van der Waals surface area contributed by atoms with Crippen LogP contribution in [-0.2, 0) is 20.0 Å². The Morgan fingerprint density at radius 3 is 1.82 bits per heavy atom. The van der Waals surface area contributed by atoms with Crippen LogP contribution in [0.2, 0.25) is 0 Å². The van der Waals surface area contributed by atoms with Crippen LogP contribution in [0.5, 0.6) is 0 Å². The number of sulfonamides is 2. The van der Waals surface area contributed by atoms with Crippen molar-refractivity contribution < 1.29 is 16.8 Å². The van der Waals surface area contributed by atoms with Crippen LogP contribution in [0.1, 0.15) is 11.1 Å². The maximum Gasteiger partial charge on any atom is 0.284 e. The summed E-state index contributed by atoms with van der Waals surface area (Å²) in [5.41, 5.74) is 1.24. The Kier molecular flexibility index (Phi) is 5.62. The smallest absolute Gasteiger partial charge is 0.262 e. The van der Waals surface area contributed by atoms with Gasteiger partial charge in [0.25, 0.3) is 20.0 Å². The van der Waals surface area contributed by atoms with Crippen molar-refractivity contribution in [3.05, 3.63) is 96.1 Å². The van der Waals surface area contributed by atoms with Gasteiger partial charge in [0.05, 0.1) is 9.79 Å². The molecule has 144 valence electrons. The standard InChI is InChI=1S/C20H18N2O4S2/c1-16-12-14-19(15-13-16)28(25,26)22-20(17-8-4-2-5-9-17)21-27(23,24)18-10-6-3-7-11-18/h2-15H,1H3,(H,21,22). The molecule has 0 aliphatic rings. The second-order valence-electron chi connectivity index (χ2n) is 6.01. The molecule has 0 spiro atoms. The van der Waals surface area contributed by atoms with E-state index in [0.717, 1.165) is 5.56 Å². The van der Waals surface area contributed by atoms with Crippen LogP contribution in [-0.4, -0.2) is 22.7 Å². The molecule has 0 atom stereocenters. The van der Waals surface area contributed by atoms with Gasteiger partial charge in [0.2, 0.25) is 0 Å². The summed E-state index contributed by atoms with van der Waals surface area (Å²) in [5.74, 6) is -0.273. The second-order valence-corrected chi connectivity index (χ2v) is 9.30. The van der Waals surface area contributed by atoms with Crippen LogP contribution in [0.3, 0.4) is 0 Å². The van der Waals surface area contributed by atoms with Crippen LogP contribution in [0.15, 0.2) is 99.1 Å². The van der Waals surface area contributed by atoms with Gasteiger partial charge in [0, 0.05) is 5.56 Å². The van der Waals surface area contributed by atoms with E-state index in [1.54, 1.807) is 60.7 Å². The highest BCUT2D eigenvalue weighted by Gasteiger charge is 2.21. The van der Waals surface area contributed by atoms with Crippen molar-refractivity contribution in [3.8, 4) is 0 Å². The number of nitrogens with zero attached hydrogens (tertiary/aromatic N) is 1. The highest BCUT2D eigenvalue weighted by molar-refractivity contribution is 7.91. The zero-order valence-electron chi connectivity index (χ0n) is 15.0. The molecule has 0 fully saturated rings. The molecule has 0 amide bonds. The minimum Gasteiger partial charge on any atom is -0.262 e. The van der Waals surface area contributed by atoms with Crippen molar-refractivity contribution in [1.82, 2.24) is 4.72 Å². The number of nitrogens with one attached hydrogen (secondary N) is 1. The zero-order chi connectivity index (χ0) is 20.2. The molecule has 0 aromatic heterocycles. The molecule has 0 bridgehead atoms. The molecule has 0 saturated heterocycles. The lowest BCUT2D eigenvalue weighted by Gasteiger charge is -2.11. The van der Waals surface area contributed by atoms with E-state index in [1.807, 2.05) is 6.92 Å². The molecule has 0 heterocycles. The first kappa shape index (κ1) is 19.8. The zero-order valence-corrected chi connectivity index (χ0v) is 16.6. The first-order valence-electron chi connectivity index (χ1n) is 8.33. The third-order valence-electron chi connectivity index (χ3n) is 3.86. The van der Waals surface area contributed by atoms with E-state index >= 15 is 0 Å². The van der Waals surface area contributed by atoms with Crippen LogP contribution in [0.25, 0.3) is 0 Å². The lowest BCUT2D eigenvalue weighted by atomic mass is 10.2. The van der Waals surface area contributed by atoms with E-state index in [9.17, 15) is 16.8 Å². The van der Waals surface area contributed by atoms with Gasteiger partial charge in [0.1, 0.15) is 0 Å². The summed E-state index contributed by atoms with van der Waals surface area (Å²) in [5, 5.41) is 0.